The maximum absolute atomic E-state index is 13.7. The van der Waals surface area contributed by atoms with Gasteiger partial charge in [-0.1, -0.05) is 17.4 Å². The lowest BCUT2D eigenvalue weighted by Gasteiger charge is -2.12. The summed E-state index contributed by atoms with van der Waals surface area (Å²) in [6.07, 6.45) is 0. The number of amides is 1. The van der Waals surface area contributed by atoms with Gasteiger partial charge in [-0.3, -0.25) is 10.1 Å². The number of ether oxygens (including phenoxy) is 3. The quantitative estimate of drug-likeness (QED) is 0.479. The summed E-state index contributed by atoms with van der Waals surface area (Å²) in [4.78, 5) is 28.1. The lowest BCUT2D eigenvalue weighted by atomic mass is 10.2. The molecule has 0 aliphatic heterocycles. The molecule has 0 aliphatic carbocycles. The predicted molar refractivity (Wildman–Crippen MR) is 98.0 cm³/mol. The van der Waals surface area contributed by atoms with Crippen LogP contribution in [0.25, 0.3) is 10.2 Å². The van der Waals surface area contributed by atoms with E-state index >= 15 is 0 Å². The summed E-state index contributed by atoms with van der Waals surface area (Å²) in [5, 5.41) is 2.17. The maximum Gasteiger partial charge on any atom is 0.346 e. The number of carbonyl (C=O) groups is 2. The second kappa shape index (κ2) is 8.35. The summed E-state index contributed by atoms with van der Waals surface area (Å²) < 4.78 is 55.4. The highest BCUT2D eigenvalue weighted by Gasteiger charge is 2.22. The number of carbonyl (C=O) groups excluding carboxylic acids is 2. The van der Waals surface area contributed by atoms with Gasteiger partial charge in [-0.25, -0.2) is 22.9 Å². The molecule has 2 aromatic carbocycles. The molecule has 29 heavy (non-hydrogen) atoms. The summed E-state index contributed by atoms with van der Waals surface area (Å²) in [7, 11) is 2.71. The molecule has 1 heterocycles. The number of rotatable bonds is 6. The molecule has 1 amide bonds. The van der Waals surface area contributed by atoms with Crippen LogP contribution in [0.5, 0.6) is 11.5 Å². The van der Waals surface area contributed by atoms with Gasteiger partial charge in [-0.15, -0.1) is 0 Å². The van der Waals surface area contributed by atoms with Crippen molar-refractivity contribution >= 4 is 38.6 Å². The molecule has 7 nitrogen and oxygen atoms in total. The third-order valence-corrected chi connectivity index (χ3v) is 4.65. The fourth-order valence-electron chi connectivity index (χ4n) is 2.44. The van der Waals surface area contributed by atoms with Crippen molar-refractivity contribution in [1.29, 1.82) is 0 Å². The van der Waals surface area contributed by atoms with Gasteiger partial charge in [0.1, 0.15) is 22.6 Å². The fourth-order valence-corrected chi connectivity index (χ4v) is 3.34. The van der Waals surface area contributed by atoms with E-state index in [4.69, 9.17) is 14.2 Å². The Morgan fingerprint density at radius 2 is 1.76 bits per heavy atom. The van der Waals surface area contributed by atoms with Gasteiger partial charge >= 0.3 is 5.97 Å². The second-order valence-electron chi connectivity index (χ2n) is 5.51. The number of aromatic nitrogens is 1. The van der Waals surface area contributed by atoms with Crippen LogP contribution in [0.1, 0.15) is 10.4 Å². The summed E-state index contributed by atoms with van der Waals surface area (Å²) in [5.74, 6) is -5.73. The highest BCUT2D eigenvalue weighted by Crippen LogP contribution is 2.31. The predicted octanol–water partition coefficient (Wildman–Crippen LogP) is 3.53. The molecule has 0 bridgehead atoms. The van der Waals surface area contributed by atoms with Crippen LogP contribution in [0.15, 0.2) is 24.3 Å². The number of hydrogen-bond acceptors (Lipinski definition) is 7. The average molecular weight is 426 g/mol. The third-order valence-electron chi connectivity index (χ3n) is 3.73. The van der Waals surface area contributed by atoms with Gasteiger partial charge in [0.05, 0.1) is 18.9 Å². The number of anilines is 1. The normalized spacial score (nSPS) is 10.7. The number of halogens is 3. The number of methoxy groups -OCH3 is 2. The number of fused-ring (bicyclic) bond motifs is 1. The van der Waals surface area contributed by atoms with Crippen LogP contribution in [0.2, 0.25) is 0 Å². The van der Waals surface area contributed by atoms with Crippen LogP contribution in [-0.4, -0.2) is 37.7 Å². The first kappa shape index (κ1) is 20.4. The summed E-state index contributed by atoms with van der Waals surface area (Å²) in [5.41, 5.74) is -0.418. The van der Waals surface area contributed by atoms with Crippen LogP contribution in [0.4, 0.5) is 18.3 Å². The highest BCUT2D eigenvalue weighted by molar-refractivity contribution is 7.22. The molecule has 1 N–H and O–H groups in total. The molecule has 11 heteroatoms. The monoisotopic (exact) mass is 426 g/mol. The first-order chi connectivity index (χ1) is 13.8. The zero-order valence-corrected chi connectivity index (χ0v) is 15.9. The molecule has 0 saturated carbocycles. The van der Waals surface area contributed by atoms with Crippen molar-refractivity contribution < 1.29 is 37.0 Å². The van der Waals surface area contributed by atoms with Crippen LogP contribution < -0.4 is 14.8 Å². The van der Waals surface area contributed by atoms with Gasteiger partial charge in [-0.2, -0.15) is 0 Å². The van der Waals surface area contributed by atoms with Gasteiger partial charge in [0.2, 0.25) is 0 Å². The van der Waals surface area contributed by atoms with E-state index in [0.717, 1.165) is 17.4 Å². The number of benzene rings is 2. The highest BCUT2D eigenvalue weighted by atomic mass is 32.1. The maximum atomic E-state index is 13.7. The van der Waals surface area contributed by atoms with Crippen molar-refractivity contribution in [2.45, 2.75) is 0 Å². The molecule has 3 rings (SSSR count). The SMILES string of the molecule is COc1cccc(OC)c1C(=O)OCC(=O)Nc1nc2c(F)c(F)c(F)cc2s1. The molecule has 0 spiro atoms. The van der Waals surface area contributed by atoms with E-state index in [9.17, 15) is 22.8 Å². The van der Waals surface area contributed by atoms with Crippen molar-refractivity contribution in [3.05, 3.63) is 47.3 Å². The van der Waals surface area contributed by atoms with Crippen molar-refractivity contribution in [2.24, 2.45) is 0 Å². The van der Waals surface area contributed by atoms with Gasteiger partial charge < -0.3 is 14.2 Å². The minimum atomic E-state index is -1.65. The smallest absolute Gasteiger partial charge is 0.346 e. The molecule has 3 aromatic rings. The molecule has 1 aromatic heterocycles. The van der Waals surface area contributed by atoms with Gasteiger partial charge in [0, 0.05) is 0 Å². The Labute approximate surface area is 166 Å². The Kier molecular flexibility index (Phi) is 5.87. The standard InChI is InChI=1S/C18H13F3N2O5S/c1-26-9-4-3-5-10(27-2)13(9)17(25)28-7-12(24)22-18-23-16-11(29-18)6-8(19)14(20)15(16)21/h3-6H,7H2,1-2H3,(H,22,23,24). The molecule has 152 valence electrons. The number of nitrogens with one attached hydrogen (secondary N) is 1. The van der Waals surface area contributed by atoms with E-state index in [0.29, 0.717) is 0 Å². The van der Waals surface area contributed by atoms with E-state index in [1.807, 2.05) is 0 Å². The Balaban J connectivity index is 1.70. The first-order valence-electron chi connectivity index (χ1n) is 7.97. The van der Waals surface area contributed by atoms with Crippen LogP contribution in [0, 0.1) is 17.5 Å². The lowest BCUT2D eigenvalue weighted by molar-refractivity contribution is -0.119. The first-order valence-corrected chi connectivity index (χ1v) is 8.79. The van der Waals surface area contributed by atoms with Gasteiger partial charge in [0.25, 0.3) is 5.91 Å². The Hall–Kier alpha value is -3.34. The van der Waals surface area contributed by atoms with Gasteiger partial charge in [-0.05, 0) is 18.2 Å². The van der Waals surface area contributed by atoms with E-state index in [1.54, 1.807) is 6.07 Å². The van der Waals surface area contributed by atoms with Crippen molar-refractivity contribution in [2.75, 3.05) is 26.1 Å². The van der Waals surface area contributed by atoms with E-state index in [-0.39, 0.29) is 26.9 Å². The summed E-state index contributed by atoms with van der Waals surface area (Å²) in [6.45, 7) is -0.693. The molecule has 0 saturated heterocycles. The zero-order valence-electron chi connectivity index (χ0n) is 15.0. The molecule has 0 aliphatic rings. The third kappa shape index (κ3) is 4.09. The van der Waals surface area contributed by atoms with E-state index in [2.05, 4.69) is 10.3 Å². The molecule has 0 radical (unpaired) electrons. The molecule has 0 unspecified atom stereocenters. The molecular formula is C18H13F3N2O5S. The van der Waals surface area contributed by atoms with Crippen molar-refractivity contribution in [3.8, 4) is 11.5 Å². The number of nitrogens with zero attached hydrogens (tertiary/aromatic N) is 1. The molecule has 0 fully saturated rings. The minimum Gasteiger partial charge on any atom is -0.496 e. The van der Waals surface area contributed by atoms with E-state index in [1.165, 1.54) is 26.4 Å². The lowest BCUT2D eigenvalue weighted by Crippen LogP contribution is -2.21. The Bertz CT molecular complexity index is 1080. The number of esters is 1. The average Bonchev–Trinajstić information content (AvgIpc) is 3.11. The second-order valence-corrected chi connectivity index (χ2v) is 6.54. The zero-order chi connectivity index (χ0) is 21.1. The van der Waals surface area contributed by atoms with Crippen molar-refractivity contribution in [3.63, 3.8) is 0 Å². The minimum absolute atomic E-state index is 0.00157. The Morgan fingerprint density at radius 1 is 1.10 bits per heavy atom. The van der Waals surface area contributed by atoms with E-state index < -0.39 is 41.5 Å². The van der Waals surface area contributed by atoms with Crippen LogP contribution in [-0.2, 0) is 9.53 Å². The molecular weight excluding hydrogens is 413 g/mol. The fraction of sp³-hybridized carbons (Fsp3) is 0.167. The topological polar surface area (TPSA) is 86.8 Å². The van der Waals surface area contributed by atoms with Crippen molar-refractivity contribution in [1.82, 2.24) is 4.98 Å². The summed E-state index contributed by atoms with van der Waals surface area (Å²) in [6, 6.07) is 5.42. The van der Waals surface area contributed by atoms with Crippen LogP contribution in [0.3, 0.4) is 0 Å². The Morgan fingerprint density at radius 3 is 2.38 bits per heavy atom. The molecule has 0 atom stereocenters. The number of hydrogen-bond donors (Lipinski definition) is 1. The summed E-state index contributed by atoms with van der Waals surface area (Å²) >= 11 is 0.735. The number of thiazole rings is 1. The van der Waals surface area contributed by atoms with Gasteiger partial charge in [0.15, 0.2) is 29.2 Å². The largest absolute Gasteiger partial charge is 0.496 e. The van der Waals surface area contributed by atoms with Crippen LogP contribution >= 0.6 is 11.3 Å².